The number of carbonyl (C=O) groups is 1. The van der Waals surface area contributed by atoms with Crippen molar-refractivity contribution in [3.63, 3.8) is 0 Å². The molecule has 4 heteroatoms. The number of likely N-dealkylation sites (tertiary alicyclic amines) is 1. The van der Waals surface area contributed by atoms with Gasteiger partial charge in [-0.2, -0.15) is 0 Å². The molecule has 0 spiro atoms. The fraction of sp³-hybridized carbons (Fsp3) is 0.933. The first-order valence-electron chi connectivity index (χ1n) is 7.73. The van der Waals surface area contributed by atoms with Gasteiger partial charge in [-0.25, -0.2) is 0 Å². The number of hydrogen-bond acceptors (Lipinski definition) is 3. The van der Waals surface area contributed by atoms with Crippen LogP contribution in [0.15, 0.2) is 0 Å². The topological polar surface area (TPSA) is 52.6 Å². The average molecular weight is 268 g/mol. The van der Waals surface area contributed by atoms with E-state index >= 15 is 0 Å². The molecule has 1 aliphatic heterocycles. The van der Waals surface area contributed by atoms with E-state index in [0.717, 1.165) is 25.4 Å². The first kappa shape index (κ1) is 14.8. The molecule has 110 valence electrons. The number of rotatable bonds is 4. The van der Waals surface area contributed by atoms with Crippen molar-refractivity contribution in [2.24, 2.45) is 11.8 Å². The van der Waals surface area contributed by atoms with Crippen LogP contribution in [0.25, 0.3) is 0 Å². The standard InChI is InChI=1S/C15H28N2O2/c1-11(18)14-7-15(10-17(9-14)12(2)19)16-8-13-5-3-4-6-13/h11,13-16,18H,3-10H2,1-2H3. The van der Waals surface area contributed by atoms with Crippen molar-refractivity contribution >= 4 is 5.91 Å². The second kappa shape index (κ2) is 6.71. The summed E-state index contributed by atoms with van der Waals surface area (Å²) >= 11 is 0. The number of aliphatic hydroxyl groups is 1. The molecule has 3 unspecified atom stereocenters. The number of carbonyl (C=O) groups excluding carboxylic acids is 1. The van der Waals surface area contributed by atoms with Crippen LogP contribution >= 0.6 is 0 Å². The zero-order valence-electron chi connectivity index (χ0n) is 12.3. The second-order valence-corrected chi connectivity index (χ2v) is 6.42. The van der Waals surface area contributed by atoms with E-state index in [2.05, 4.69) is 5.32 Å². The third-order valence-corrected chi connectivity index (χ3v) is 4.78. The number of nitrogens with zero attached hydrogens (tertiary/aromatic N) is 1. The van der Waals surface area contributed by atoms with Crippen molar-refractivity contribution in [1.29, 1.82) is 0 Å². The molecule has 0 bridgehead atoms. The first-order chi connectivity index (χ1) is 9.06. The first-order valence-corrected chi connectivity index (χ1v) is 7.73. The van der Waals surface area contributed by atoms with Crippen LogP contribution in [0.1, 0.15) is 46.0 Å². The molecule has 0 radical (unpaired) electrons. The Labute approximate surface area is 116 Å². The average Bonchev–Trinajstić information content (AvgIpc) is 2.89. The maximum atomic E-state index is 11.6. The largest absolute Gasteiger partial charge is 0.393 e. The van der Waals surface area contributed by atoms with E-state index in [0.29, 0.717) is 12.6 Å². The van der Waals surface area contributed by atoms with Gasteiger partial charge >= 0.3 is 0 Å². The van der Waals surface area contributed by atoms with Gasteiger partial charge in [0.2, 0.25) is 5.91 Å². The van der Waals surface area contributed by atoms with Crippen molar-refractivity contribution in [2.45, 2.75) is 58.1 Å². The SMILES string of the molecule is CC(=O)N1CC(NCC2CCCC2)CC(C(C)O)C1. The van der Waals surface area contributed by atoms with E-state index in [-0.39, 0.29) is 17.9 Å². The summed E-state index contributed by atoms with van der Waals surface area (Å²) < 4.78 is 0. The van der Waals surface area contributed by atoms with E-state index in [4.69, 9.17) is 0 Å². The maximum Gasteiger partial charge on any atom is 0.219 e. The lowest BCUT2D eigenvalue weighted by molar-refractivity contribution is -0.132. The van der Waals surface area contributed by atoms with E-state index in [1.807, 2.05) is 11.8 Å². The monoisotopic (exact) mass is 268 g/mol. The summed E-state index contributed by atoms with van der Waals surface area (Å²) in [5, 5.41) is 13.4. The maximum absolute atomic E-state index is 11.6. The van der Waals surface area contributed by atoms with Crippen molar-refractivity contribution in [3.05, 3.63) is 0 Å². The van der Waals surface area contributed by atoms with Gasteiger partial charge in [-0.1, -0.05) is 12.8 Å². The van der Waals surface area contributed by atoms with Gasteiger partial charge in [0.05, 0.1) is 6.10 Å². The Morgan fingerprint density at radius 1 is 1.37 bits per heavy atom. The van der Waals surface area contributed by atoms with Gasteiger partial charge in [-0.3, -0.25) is 4.79 Å². The Bertz CT molecular complexity index is 301. The fourth-order valence-electron chi connectivity index (χ4n) is 3.44. The molecule has 2 aliphatic rings. The summed E-state index contributed by atoms with van der Waals surface area (Å²) in [5.41, 5.74) is 0. The molecule has 0 aromatic carbocycles. The molecular formula is C15H28N2O2. The zero-order chi connectivity index (χ0) is 13.8. The second-order valence-electron chi connectivity index (χ2n) is 6.42. The lowest BCUT2D eigenvalue weighted by atomic mass is 9.90. The van der Waals surface area contributed by atoms with Gasteiger partial charge in [0.25, 0.3) is 0 Å². The van der Waals surface area contributed by atoms with E-state index in [1.54, 1.807) is 6.92 Å². The van der Waals surface area contributed by atoms with Crippen LogP contribution in [-0.2, 0) is 4.79 Å². The fourth-order valence-corrected chi connectivity index (χ4v) is 3.44. The molecule has 2 fully saturated rings. The molecule has 0 aromatic heterocycles. The molecule has 0 aromatic rings. The highest BCUT2D eigenvalue weighted by Gasteiger charge is 2.31. The van der Waals surface area contributed by atoms with Crippen LogP contribution in [0.2, 0.25) is 0 Å². The number of amides is 1. The Morgan fingerprint density at radius 3 is 2.63 bits per heavy atom. The summed E-state index contributed by atoms with van der Waals surface area (Å²) in [6.07, 6.45) is 6.07. The van der Waals surface area contributed by atoms with Crippen molar-refractivity contribution in [3.8, 4) is 0 Å². The van der Waals surface area contributed by atoms with E-state index < -0.39 is 0 Å². The van der Waals surface area contributed by atoms with Gasteiger partial charge < -0.3 is 15.3 Å². The molecule has 1 saturated carbocycles. The molecule has 3 atom stereocenters. The molecule has 1 amide bonds. The van der Waals surface area contributed by atoms with Crippen LogP contribution in [0.4, 0.5) is 0 Å². The summed E-state index contributed by atoms with van der Waals surface area (Å²) in [4.78, 5) is 13.5. The molecule has 4 nitrogen and oxygen atoms in total. The summed E-state index contributed by atoms with van der Waals surface area (Å²) in [7, 11) is 0. The van der Waals surface area contributed by atoms with Crippen LogP contribution in [0.3, 0.4) is 0 Å². The van der Waals surface area contributed by atoms with Crippen LogP contribution in [-0.4, -0.2) is 47.7 Å². The van der Waals surface area contributed by atoms with Gasteiger partial charge in [0.1, 0.15) is 0 Å². The predicted molar refractivity (Wildman–Crippen MR) is 75.8 cm³/mol. The molecule has 2 N–H and O–H groups in total. The Balaban J connectivity index is 1.85. The molecule has 1 saturated heterocycles. The number of piperidine rings is 1. The highest BCUT2D eigenvalue weighted by atomic mass is 16.3. The van der Waals surface area contributed by atoms with Crippen LogP contribution < -0.4 is 5.32 Å². The van der Waals surface area contributed by atoms with Gasteiger partial charge in [-0.05, 0) is 38.6 Å². The number of nitrogens with one attached hydrogen (secondary N) is 1. The minimum Gasteiger partial charge on any atom is -0.393 e. The van der Waals surface area contributed by atoms with Gasteiger partial charge in [-0.15, -0.1) is 0 Å². The van der Waals surface area contributed by atoms with Crippen LogP contribution in [0, 0.1) is 11.8 Å². The summed E-state index contributed by atoms with van der Waals surface area (Å²) in [6.45, 7) is 6.03. The normalized spacial score (nSPS) is 30.6. The van der Waals surface area contributed by atoms with Gasteiger partial charge in [0, 0.05) is 32.0 Å². The van der Waals surface area contributed by atoms with Crippen molar-refractivity contribution < 1.29 is 9.90 Å². The van der Waals surface area contributed by atoms with Gasteiger partial charge in [0.15, 0.2) is 0 Å². The highest BCUT2D eigenvalue weighted by Crippen LogP contribution is 2.25. The Hall–Kier alpha value is -0.610. The minimum atomic E-state index is -0.335. The number of aliphatic hydroxyl groups excluding tert-OH is 1. The summed E-state index contributed by atoms with van der Waals surface area (Å²) in [6, 6.07) is 0.345. The molecule has 1 aliphatic carbocycles. The van der Waals surface area contributed by atoms with Crippen molar-refractivity contribution in [2.75, 3.05) is 19.6 Å². The lowest BCUT2D eigenvalue weighted by Gasteiger charge is -2.39. The molecule has 2 rings (SSSR count). The molecular weight excluding hydrogens is 240 g/mol. The molecule has 1 heterocycles. The quantitative estimate of drug-likeness (QED) is 0.810. The molecule has 19 heavy (non-hydrogen) atoms. The smallest absolute Gasteiger partial charge is 0.219 e. The highest BCUT2D eigenvalue weighted by molar-refractivity contribution is 5.73. The third kappa shape index (κ3) is 4.18. The zero-order valence-corrected chi connectivity index (χ0v) is 12.3. The minimum absolute atomic E-state index is 0.123. The van der Waals surface area contributed by atoms with Crippen LogP contribution in [0.5, 0.6) is 0 Å². The van der Waals surface area contributed by atoms with Crippen molar-refractivity contribution in [1.82, 2.24) is 10.2 Å². The summed E-state index contributed by atoms with van der Waals surface area (Å²) in [5.74, 6) is 1.15. The van der Waals surface area contributed by atoms with E-state index in [9.17, 15) is 9.90 Å². The predicted octanol–water partition coefficient (Wildman–Crippen LogP) is 1.38. The lowest BCUT2D eigenvalue weighted by Crippen LogP contribution is -2.53. The number of hydrogen-bond donors (Lipinski definition) is 2. The Morgan fingerprint density at radius 2 is 2.05 bits per heavy atom. The Kier molecular flexibility index (Phi) is 5.22. The third-order valence-electron chi connectivity index (χ3n) is 4.78. The van der Waals surface area contributed by atoms with E-state index in [1.165, 1.54) is 25.7 Å².